The molecule has 1 aliphatic heterocycles. The summed E-state index contributed by atoms with van der Waals surface area (Å²) in [7, 11) is 1.58. The van der Waals surface area contributed by atoms with E-state index in [4.69, 9.17) is 4.74 Å². The van der Waals surface area contributed by atoms with Crippen molar-refractivity contribution in [1.29, 1.82) is 0 Å². The number of ether oxygens (including phenoxy) is 1. The first-order chi connectivity index (χ1) is 21.4. The molecule has 10 nitrogen and oxygen atoms in total. The van der Waals surface area contributed by atoms with Crippen molar-refractivity contribution in [3.8, 4) is 5.75 Å². The van der Waals surface area contributed by atoms with Gasteiger partial charge in [-0.25, -0.2) is 4.98 Å². The number of methoxy groups -OCH3 is 1. The minimum atomic E-state index is -1.17. The lowest BCUT2D eigenvalue weighted by Gasteiger charge is -2.31. The van der Waals surface area contributed by atoms with Crippen molar-refractivity contribution >= 4 is 51.5 Å². The van der Waals surface area contributed by atoms with Crippen LogP contribution >= 0.6 is 0 Å². The molecule has 1 aliphatic rings. The summed E-state index contributed by atoms with van der Waals surface area (Å²) >= 11 is 0. The van der Waals surface area contributed by atoms with E-state index >= 15 is 0 Å². The molecule has 44 heavy (non-hydrogen) atoms. The number of nitrogens with one attached hydrogen (secondary N) is 1. The minimum Gasteiger partial charge on any atom is -0.497 e. The van der Waals surface area contributed by atoms with Gasteiger partial charge in [-0.15, -0.1) is 0 Å². The Balaban J connectivity index is 1.44. The number of hydrogen-bond donors (Lipinski definition) is 1. The topological polar surface area (TPSA) is 112 Å². The molecule has 222 valence electrons. The van der Waals surface area contributed by atoms with Gasteiger partial charge in [0, 0.05) is 29.7 Å². The van der Waals surface area contributed by atoms with Crippen molar-refractivity contribution in [3.63, 3.8) is 0 Å². The summed E-state index contributed by atoms with van der Waals surface area (Å²) in [5.74, 6) is -1.35. The van der Waals surface area contributed by atoms with E-state index in [-0.39, 0.29) is 24.9 Å². The molecule has 5 aromatic rings. The van der Waals surface area contributed by atoms with Crippen LogP contribution in [0, 0.1) is 5.92 Å². The third-order valence-corrected chi connectivity index (χ3v) is 7.75. The maximum atomic E-state index is 14.5. The third kappa shape index (κ3) is 5.26. The molecule has 3 amide bonds. The van der Waals surface area contributed by atoms with Crippen molar-refractivity contribution in [1.82, 2.24) is 15.2 Å². The highest BCUT2D eigenvalue weighted by atomic mass is 16.5. The summed E-state index contributed by atoms with van der Waals surface area (Å²) in [6, 6.07) is 27.0. The van der Waals surface area contributed by atoms with E-state index in [0.29, 0.717) is 34.3 Å². The largest absolute Gasteiger partial charge is 0.497 e. The van der Waals surface area contributed by atoms with E-state index in [1.54, 1.807) is 72.8 Å². The number of amides is 3. The Labute approximate surface area is 254 Å². The minimum absolute atomic E-state index is 0.0378. The first kappa shape index (κ1) is 28.6. The van der Waals surface area contributed by atoms with E-state index < -0.39 is 17.7 Å². The van der Waals surface area contributed by atoms with Crippen molar-refractivity contribution in [2.45, 2.75) is 26.3 Å². The number of hydrogen-bond acceptors (Lipinski definition) is 6. The molecule has 2 aromatic heterocycles. The van der Waals surface area contributed by atoms with Gasteiger partial charge < -0.3 is 14.5 Å². The summed E-state index contributed by atoms with van der Waals surface area (Å²) in [5.41, 5.74) is 2.98. The number of pyridine rings is 1. The number of anilines is 4. The molecule has 1 N–H and O–H groups in total. The molecule has 0 saturated carbocycles. The van der Waals surface area contributed by atoms with E-state index in [9.17, 15) is 14.4 Å². The number of carbonyl (C=O) groups is 3. The first-order valence-corrected chi connectivity index (χ1v) is 14.4. The molecule has 0 bridgehead atoms. The van der Waals surface area contributed by atoms with Gasteiger partial charge in [0.25, 0.3) is 0 Å². The fourth-order valence-electron chi connectivity index (χ4n) is 5.68. The Morgan fingerprint density at radius 2 is 1.61 bits per heavy atom. The normalized spacial score (nSPS) is 15.0. The SMILES string of the molecule is COc1ccc(N(C(=O)CN2C(=O)C(Cc3n[nH]c4ccccc34)C(=O)N(c3ccccn3)c3ccccc32)C(C)C)cc1. The Morgan fingerprint density at radius 1 is 0.909 bits per heavy atom. The molecule has 0 radical (unpaired) electrons. The van der Waals surface area contributed by atoms with Gasteiger partial charge in [0.2, 0.25) is 17.7 Å². The number of rotatable bonds is 8. The lowest BCUT2D eigenvalue weighted by molar-refractivity contribution is -0.132. The van der Waals surface area contributed by atoms with E-state index in [1.165, 1.54) is 9.80 Å². The monoisotopic (exact) mass is 588 g/mol. The lowest BCUT2D eigenvalue weighted by Crippen LogP contribution is -2.48. The summed E-state index contributed by atoms with van der Waals surface area (Å²) < 4.78 is 5.29. The van der Waals surface area contributed by atoms with E-state index in [0.717, 1.165) is 10.9 Å². The van der Waals surface area contributed by atoms with Gasteiger partial charge in [-0.05, 0) is 68.4 Å². The predicted octanol–water partition coefficient (Wildman–Crippen LogP) is 5.28. The average molecular weight is 589 g/mol. The molecular weight excluding hydrogens is 556 g/mol. The van der Waals surface area contributed by atoms with Crippen molar-refractivity contribution in [2.75, 3.05) is 28.4 Å². The highest BCUT2D eigenvalue weighted by Gasteiger charge is 2.43. The number of aromatic nitrogens is 3. The summed E-state index contributed by atoms with van der Waals surface area (Å²) in [4.78, 5) is 52.1. The maximum Gasteiger partial charge on any atom is 0.247 e. The molecule has 1 atom stereocenters. The Morgan fingerprint density at radius 3 is 2.32 bits per heavy atom. The van der Waals surface area contributed by atoms with Crippen LogP contribution in [-0.2, 0) is 20.8 Å². The van der Waals surface area contributed by atoms with E-state index in [1.807, 2.05) is 50.2 Å². The molecular formula is C34H32N6O4. The molecule has 0 aliphatic carbocycles. The number of H-pyrrole nitrogens is 1. The maximum absolute atomic E-state index is 14.5. The van der Waals surface area contributed by atoms with Gasteiger partial charge in [0.1, 0.15) is 24.0 Å². The smallest absolute Gasteiger partial charge is 0.247 e. The Kier molecular flexibility index (Phi) is 7.80. The van der Waals surface area contributed by atoms with Crippen LogP contribution < -0.4 is 19.4 Å². The molecule has 10 heteroatoms. The molecule has 6 rings (SSSR count). The lowest BCUT2D eigenvalue weighted by atomic mass is 9.98. The number of para-hydroxylation sites is 3. The first-order valence-electron chi connectivity index (χ1n) is 14.4. The van der Waals surface area contributed by atoms with Crippen LogP contribution in [0.25, 0.3) is 10.9 Å². The summed E-state index contributed by atoms with van der Waals surface area (Å²) in [6.07, 6.45) is 1.64. The number of fused-ring (bicyclic) bond motifs is 2. The second-order valence-corrected chi connectivity index (χ2v) is 10.8. The zero-order chi connectivity index (χ0) is 30.8. The molecule has 1 unspecified atom stereocenters. The van der Waals surface area contributed by atoms with E-state index in [2.05, 4.69) is 15.2 Å². The summed E-state index contributed by atoms with van der Waals surface area (Å²) in [5, 5.41) is 8.28. The van der Waals surface area contributed by atoms with Crippen LogP contribution in [0.3, 0.4) is 0 Å². The van der Waals surface area contributed by atoms with Crippen LogP contribution in [0.5, 0.6) is 5.75 Å². The molecule has 3 heterocycles. The fourth-order valence-corrected chi connectivity index (χ4v) is 5.68. The van der Waals surface area contributed by atoms with Crippen molar-refractivity contribution in [2.24, 2.45) is 5.92 Å². The molecule has 0 spiro atoms. The van der Waals surface area contributed by atoms with Crippen LogP contribution in [0.15, 0.2) is 97.2 Å². The molecule has 0 fully saturated rings. The number of aromatic amines is 1. The van der Waals surface area contributed by atoms with Gasteiger partial charge in [-0.1, -0.05) is 36.4 Å². The quantitative estimate of drug-likeness (QED) is 0.247. The third-order valence-electron chi connectivity index (χ3n) is 7.75. The van der Waals surface area contributed by atoms with Gasteiger partial charge >= 0.3 is 0 Å². The Hall–Kier alpha value is -5.51. The fraction of sp³-hybridized carbons (Fsp3) is 0.206. The highest BCUT2D eigenvalue weighted by Crippen LogP contribution is 2.39. The molecule has 3 aromatic carbocycles. The Bertz CT molecular complexity index is 1820. The average Bonchev–Trinajstić information content (AvgIpc) is 3.43. The number of carbonyl (C=O) groups excluding carboxylic acids is 3. The zero-order valence-corrected chi connectivity index (χ0v) is 24.7. The summed E-state index contributed by atoms with van der Waals surface area (Å²) in [6.45, 7) is 3.55. The van der Waals surface area contributed by atoms with Gasteiger partial charge in [-0.3, -0.25) is 24.4 Å². The number of benzene rings is 3. The van der Waals surface area contributed by atoms with Crippen molar-refractivity contribution < 1.29 is 19.1 Å². The van der Waals surface area contributed by atoms with Gasteiger partial charge in [0.05, 0.1) is 29.7 Å². The highest BCUT2D eigenvalue weighted by molar-refractivity contribution is 6.21. The molecule has 0 saturated heterocycles. The number of nitrogens with zero attached hydrogens (tertiary/aromatic N) is 5. The standard InChI is InChI=1S/C34H32N6O4/c1-22(2)39(23-15-17-24(44-3)18-16-23)32(41)21-38-29-12-6-7-13-30(29)40(31-14-8-9-19-35-31)34(43)26(33(38)42)20-28-25-10-4-5-11-27(25)36-37-28/h4-19,22,26H,20-21H2,1-3H3,(H,36,37). The zero-order valence-electron chi connectivity index (χ0n) is 24.7. The second kappa shape index (κ2) is 12.0. The van der Waals surface area contributed by atoms with Crippen LogP contribution in [0.1, 0.15) is 19.5 Å². The van der Waals surface area contributed by atoms with Crippen LogP contribution in [-0.4, -0.2) is 52.6 Å². The van der Waals surface area contributed by atoms with Crippen molar-refractivity contribution in [3.05, 3.63) is 103 Å². The van der Waals surface area contributed by atoms with Crippen LogP contribution in [0.2, 0.25) is 0 Å². The van der Waals surface area contributed by atoms with Gasteiger partial charge in [-0.2, -0.15) is 5.10 Å². The second-order valence-electron chi connectivity index (χ2n) is 10.8. The predicted molar refractivity (Wildman–Crippen MR) is 169 cm³/mol. The van der Waals surface area contributed by atoms with Gasteiger partial charge in [0.15, 0.2) is 0 Å². The van der Waals surface area contributed by atoms with Crippen LogP contribution in [0.4, 0.5) is 22.9 Å².